The lowest BCUT2D eigenvalue weighted by Crippen LogP contribution is -2.34. The molecule has 0 unspecified atom stereocenters. The molecule has 1 N–H and O–H groups in total. The third-order valence-corrected chi connectivity index (χ3v) is 4.79. The maximum absolute atomic E-state index is 12.6. The van der Waals surface area contributed by atoms with E-state index in [1.807, 2.05) is 55.5 Å². The Bertz CT molecular complexity index is 1230. The van der Waals surface area contributed by atoms with Crippen molar-refractivity contribution < 1.29 is 9.53 Å². The molecule has 0 aliphatic heterocycles. The van der Waals surface area contributed by atoms with Crippen LogP contribution in [0.25, 0.3) is 16.8 Å². The summed E-state index contributed by atoms with van der Waals surface area (Å²) >= 11 is 0. The molecule has 30 heavy (non-hydrogen) atoms. The molecular weight excluding hydrogens is 378 g/mol. The van der Waals surface area contributed by atoms with Crippen molar-refractivity contribution in [2.45, 2.75) is 6.92 Å². The van der Waals surface area contributed by atoms with Crippen LogP contribution in [0, 0.1) is 6.92 Å². The minimum Gasteiger partial charge on any atom is -0.492 e. The number of hydrogen-bond acceptors (Lipinski definition) is 4. The predicted molar refractivity (Wildman–Crippen MR) is 116 cm³/mol. The topological polar surface area (TPSA) is 72.7 Å². The third-order valence-electron chi connectivity index (χ3n) is 4.79. The quantitative estimate of drug-likeness (QED) is 0.504. The van der Waals surface area contributed by atoms with E-state index < -0.39 is 11.5 Å². The van der Waals surface area contributed by atoms with Gasteiger partial charge in [0, 0.05) is 12.4 Å². The average Bonchev–Trinajstić information content (AvgIpc) is 2.78. The lowest BCUT2D eigenvalue weighted by Gasteiger charge is -2.09. The second-order valence-electron chi connectivity index (χ2n) is 6.86. The zero-order valence-corrected chi connectivity index (χ0v) is 16.5. The molecule has 2 aromatic carbocycles. The number of carbonyl (C=O) groups excluding carboxylic acids is 1. The molecule has 0 spiro atoms. The summed E-state index contributed by atoms with van der Waals surface area (Å²) in [6.07, 6.45) is 2.93. The molecule has 2 heterocycles. The highest BCUT2D eigenvalue weighted by atomic mass is 16.5. The number of fused-ring (bicyclic) bond motifs is 1. The summed E-state index contributed by atoms with van der Waals surface area (Å²) < 4.78 is 7.07. The first-order chi connectivity index (χ1) is 14.6. The molecule has 0 radical (unpaired) electrons. The summed E-state index contributed by atoms with van der Waals surface area (Å²) in [4.78, 5) is 29.2. The second kappa shape index (κ2) is 8.61. The average molecular weight is 399 g/mol. The lowest BCUT2D eigenvalue weighted by atomic mass is 10.1. The van der Waals surface area contributed by atoms with Crippen molar-refractivity contribution in [2.75, 3.05) is 13.2 Å². The van der Waals surface area contributed by atoms with Gasteiger partial charge in [0.2, 0.25) is 0 Å². The number of aromatic nitrogens is 2. The Morgan fingerprint density at radius 3 is 2.50 bits per heavy atom. The largest absolute Gasteiger partial charge is 0.492 e. The van der Waals surface area contributed by atoms with Crippen LogP contribution in [-0.2, 0) is 0 Å². The molecule has 2 aromatic heterocycles. The van der Waals surface area contributed by atoms with E-state index in [-0.39, 0.29) is 18.7 Å². The van der Waals surface area contributed by atoms with Gasteiger partial charge in [-0.05, 0) is 41.8 Å². The van der Waals surface area contributed by atoms with Crippen molar-refractivity contribution in [2.24, 2.45) is 0 Å². The molecule has 0 atom stereocenters. The summed E-state index contributed by atoms with van der Waals surface area (Å²) in [6.45, 7) is 2.43. The fraction of sp³-hybridized carbons (Fsp3) is 0.125. The molecule has 0 saturated carbocycles. The van der Waals surface area contributed by atoms with Gasteiger partial charge in [0.1, 0.15) is 23.6 Å². The van der Waals surface area contributed by atoms with Crippen LogP contribution < -0.4 is 15.6 Å². The van der Waals surface area contributed by atoms with Crippen LogP contribution in [0.1, 0.15) is 15.9 Å². The number of ether oxygens (including phenoxy) is 1. The van der Waals surface area contributed by atoms with Crippen LogP contribution in [0.4, 0.5) is 0 Å². The molecule has 150 valence electrons. The van der Waals surface area contributed by atoms with E-state index >= 15 is 0 Å². The zero-order valence-electron chi connectivity index (χ0n) is 16.5. The lowest BCUT2D eigenvalue weighted by molar-refractivity contribution is 0.0945. The van der Waals surface area contributed by atoms with Gasteiger partial charge in [-0.1, -0.05) is 48.5 Å². The standard InChI is InChI=1S/C24H21N3O3/c1-17-6-5-14-27-22(17)26-16-21(24(27)29)23(28)25-13-15-30-20-11-9-19(10-12-20)18-7-3-2-4-8-18/h2-12,14,16H,13,15H2,1H3,(H,25,28). The van der Waals surface area contributed by atoms with Gasteiger partial charge in [-0.25, -0.2) is 4.98 Å². The Labute approximate surface area is 173 Å². The van der Waals surface area contributed by atoms with E-state index in [0.717, 1.165) is 16.7 Å². The van der Waals surface area contributed by atoms with Gasteiger partial charge in [-0.15, -0.1) is 0 Å². The Balaban J connectivity index is 1.34. The van der Waals surface area contributed by atoms with Crippen LogP contribution in [0.5, 0.6) is 5.75 Å². The maximum atomic E-state index is 12.6. The zero-order chi connectivity index (χ0) is 20.9. The van der Waals surface area contributed by atoms with Gasteiger partial charge in [-0.3, -0.25) is 14.0 Å². The monoisotopic (exact) mass is 399 g/mol. The maximum Gasteiger partial charge on any atom is 0.270 e. The highest BCUT2D eigenvalue weighted by molar-refractivity contribution is 5.93. The minimum absolute atomic E-state index is 0.00492. The SMILES string of the molecule is Cc1cccn2c(=O)c(C(=O)NCCOc3ccc(-c4ccccc4)cc3)cnc12. The first-order valence-electron chi connectivity index (χ1n) is 9.67. The van der Waals surface area contributed by atoms with Gasteiger partial charge >= 0.3 is 0 Å². The molecule has 1 amide bonds. The Kier molecular flexibility index (Phi) is 5.57. The van der Waals surface area contributed by atoms with Crippen LogP contribution in [-0.4, -0.2) is 28.4 Å². The number of nitrogens with one attached hydrogen (secondary N) is 1. The summed E-state index contributed by atoms with van der Waals surface area (Å²) in [5, 5.41) is 2.71. The molecule has 4 aromatic rings. The number of aryl methyl sites for hydroxylation is 1. The van der Waals surface area contributed by atoms with Crippen molar-refractivity contribution in [1.82, 2.24) is 14.7 Å². The summed E-state index contributed by atoms with van der Waals surface area (Å²) in [7, 11) is 0. The van der Waals surface area contributed by atoms with E-state index in [2.05, 4.69) is 22.4 Å². The third kappa shape index (κ3) is 4.07. The number of amides is 1. The molecule has 0 bridgehead atoms. The van der Waals surface area contributed by atoms with E-state index in [1.54, 1.807) is 12.3 Å². The number of carbonyl (C=O) groups is 1. The number of pyridine rings is 1. The Morgan fingerprint density at radius 2 is 1.73 bits per heavy atom. The molecule has 0 fully saturated rings. The smallest absolute Gasteiger partial charge is 0.270 e. The highest BCUT2D eigenvalue weighted by Crippen LogP contribution is 2.21. The second-order valence-corrected chi connectivity index (χ2v) is 6.86. The predicted octanol–water partition coefficient (Wildman–Crippen LogP) is 3.48. The number of rotatable bonds is 6. The summed E-state index contributed by atoms with van der Waals surface area (Å²) in [6, 6.07) is 21.5. The van der Waals surface area contributed by atoms with Crippen LogP contribution in [0.15, 0.2) is 83.9 Å². The number of hydrogen-bond donors (Lipinski definition) is 1. The van der Waals surface area contributed by atoms with Crippen LogP contribution in [0.3, 0.4) is 0 Å². The van der Waals surface area contributed by atoms with Crippen LogP contribution >= 0.6 is 0 Å². The van der Waals surface area contributed by atoms with Gasteiger partial charge in [0.25, 0.3) is 11.5 Å². The van der Waals surface area contributed by atoms with Gasteiger partial charge < -0.3 is 10.1 Å². The minimum atomic E-state index is -0.466. The van der Waals surface area contributed by atoms with E-state index in [4.69, 9.17) is 4.74 Å². The van der Waals surface area contributed by atoms with Gasteiger partial charge in [0.05, 0.1) is 6.54 Å². The van der Waals surface area contributed by atoms with Crippen molar-refractivity contribution in [1.29, 1.82) is 0 Å². The molecule has 0 saturated heterocycles. The van der Waals surface area contributed by atoms with Crippen LogP contribution in [0.2, 0.25) is 0 Å². The van der Waals surface area contributed by atoms with E-state index in [9.17, 15) is 9.59 Å². The summed E-state index contributed by atoms with van der Waals surface area (Å²) in [5.74, 6) is 0.248. The highest BCUT2D eigenvalue weighted by Gasteiger charge is 2.13. The molecular formula is C24H21N3O3. The number of nitrogens with zero attached hydrogens (tertiary/aromatic N) is 2. The van der Waals surface area contributed by atoms with Crippen molar-refractivity contribution in [3.05, 3.63) is 101 Å². The molecule has 0 aliphatic carbocycles. The Morgan fingerprint density at radius 1 is 1.00 bits per heavy atom. The normalized spacial score (nSPS) is 10.7. The van der Waals surface area contributed by atoms with E-state index in [0.29, 0.717) is 11.4 Å². The molecule has 0 aliphatic rings. The molecule has 6 nitrogen and oxygen atoms in total. The molecule has 6 heteroatoms. The first kappa shape index (κ1) is 19.4. The molecule has 4 rings (SSSR count). The number of benzene rings is 2. The van der Waals surface area contributed by atoms with Crippen molar-refractivity contribution in [3.8, 4) is 16.9 Å². The summed E-state index contributed by atoms with van der Waals surface area (Å²) in [5.41, 5.74) is 3.27. The first-order valence-corrected chi connectivity index (χ1v) is 9.67. The van der Waals surface area contributed by atoms with Crippen molar-refractivity contribution in [3.63, 3.8) is 0 Å². The Hall–Kier alpha value is -3.93. The fourth-order valence-corrected chi connectivity index (χ4v) is 3.21. The van der Waals surface area contributed by atoms with Crippen molar-refractivity contribution >= 4 is 11.6 Å². The fourth-order valence-electron chi connectivity index (χ4n) is 3.21. The van der Waals surface area contributed by atoms with E-state index in [1.165, 1.54) is 10.6 Å². The van der Waals surface area contributed by atoms with Gasteiger partial charge in [-0.2, -0.15) is 0 Å². The van der Waals surface area contributed by atoms with Gasteiger partial charge in [0.15, 0.2) is 0 Å².